The van der Waals surface area contributed by atoms with Gasteiger partial charge in [0.15, 0.2) is 5.78 Å². The van der Waals surface area contributed by atoms with E-state index in [1.807, 2.05) is 30.3 Å². The molecule has 0 saturated carbocycles. The number of nitro benzene ring substituents is 1. The second-order valence-corrected chi connectivity index (χ2v) is 7.95. The highest BCUT2D eigenvalue weighted by molar-refractivity contribution is 6.31. The van der Waals surface area contributed by atoms with E-state index < -0.39 is 16.8 Å². The van der Waals surface area contributed by atoms with Crippen molar-refractivity contribution in [3.05, 3.63) is 97.6 Å². The number of carbonyl (C=O) groups excluding carboxylic acids is 2. The predicted octanol–water partition coefficient (Wildman–Crippen LogP) is 4.11. The lowest BCUT2D eigenvalue weighted by Gasteiger charge is -2.35. The summed E-state index contributed by atoms with van der Waals surface area (Å²) in [6, 6.07) is 13.4. The highest BCUT2D eigenvalue weighted by Gasteiger charge is 2.44. The van der Waals surface area contributed by atoms with E-state index in [4.69, 9.17) is 26.8 Å². The van der Waals surface area contributed by atoms with E-state index in [9.17, 15) is 19.7 Å². The molecule has 0 saturated heterocycles. The van der Waals surface area contributed by atoms with E-state index in [2.05, 4.69) is 0 Å². The Hall–Kier alpha value is -3.65. The number of ketones is 1. The van der Waals surface area contributed by atoms with Gasteiger partial charge in [0.25, 0.3) is 5.69 Å². The van der Waals surface area contributed by atoms with Gasteiger partial charge in [0.1, 0.15) is 11.3 Å². The molecule has 2 N–H and O–H groups in total. The van der Waals surface area contributed by atoms with Crippen molar-refractivity contribution in [1.29, 1.82) is 0 Å². The Morgan fingerprint density at radius 2 is 1.94 bits per heavy atom. The van der Waals surface area contributed by atoms with Gasteiger partial charge < -0.3 is 15.2 Å². The third-order valence-electron chi connectivity index (χ3n) is 5.72. The van der Waals surface area contributed by atoms with Gasteiger partial charge in [0.2, 0.25) is 5.88 Å². The maximum Gasteiger partial charge on any atom is 0.340 e. The van der Waals surface area contributed by atoms with Gasteiger partial charge in [-0.1, -0.05) is 41.9 Å². The number of nitrogens with zero attached hydrogens (tertiary/aromatic N) is 1. The molecular weight excluding hydrogens is 436 g/mol. The maximum absolute atomic E-state index is 13.4. The number of allylic oxidation sites excluding steroid dienone is 2. The summed E-state index contributed by atoms with van der Waals surface area (Å²) in [5.74, 6) is -2.11. The molecule has 2 aromatic carbocycles. The first-order chi connectivity index (χ1) is 15.3. The number of hydrogen-bond acceptors (Lipinski definition) is 7. The van der Waals surface area contributed by atoms with Crippen molar-refractivity contribution in [3.63, 3.8) is 0 Å². The number of esters is 1. The van der Waals surface area contributed by atoms with Crippen LogP contribution in [0.15, 0.2) is 71.3 Å². The summed E-state index contributed by atoms with van der Waals surface area (Å²) in [6.45, 7) is 0. The molecule has 164 valence electrons. The van der Waals surface area contributed by atoms with E-state index in [-0.39, 0.29) is 51.4 Å². The van der Waals surface area contributed by atoms with Crippen LogP contribution < -0.4 is 5.73 Å². The number of methoxy groups -OCH3 is 1. The molecule has 9 heteroatoms. The average Bonchev–Trinajstić information content (AvgIpc) is 2.78. The van der Waals surface area contributed by atoms with Crippen LogP contribution in [0, 0.1) is 10.1 Å². The number of rotatable bonds is 4. The number of ether oxygens (including phenoxy) is 2. The zero-order valence-corrected chi connectivity index (χ0v) is 17.8. The molecule has 2 aromatic rings. The number of nitrogens with two attached hydrogens (primary N) is 1. The van der Waals surface area contributed by atoms with Gasteiger partial charge in [-0.15, -0.1) is 0 Å². The molecule has 0 amide bonds. The Balaban J connectivity index is 1.88. The molecule has 2 atom stereocenters. The monoisotopic (exact) mass is 454 g/mol. The lowest BCUT2D eigenvalue weighted by molar-refractivity contribution is -0.384. The molecule has 0 unspecified atom stereocenters. The van der Waals surface area contributed by atoms with Crippen molar-refractivity contribution in [3.8, 4) is 0 Å². The fourth-order valence-electron chi connectivity index (χ4n) is 4.25. The second-order valence-electron chi connectivity index (χ2n) is 7.54. The number of carbonyl (C=O) groups is 2. The molecular formula is C23H19ClN2O6. The normalized spacial score (nSPS) is 20.5. The molecule has 4 rings (SSSR count). The van der Waals surface area contributed by atoms with Crippen molar-refractivity contribution >= 4 is 29.0 Å². The Morgan fingerprint density at radius 1 is 1.22 bits per heavy atom. The summed E-state index contributed by atoms with van der Waals surface area (Å²) in [5, 5.41) is 11.5. The van der Waals surface area contributed by atoms with E-state index in [0.717, 1.165) is 5.56 Å². The average molecular weight is 455 g/mol. The highest BCUT2D eigenvalue weighted by Crippen LogP contribution is 2.48. The molecule has 0 bridgehead atoms. The predicted molar refractivity (Wildman–Crippen MR) is 116 cm³/mol. The molecule has 0 fully saturated rings. The van der Waals surface area contributed by atoms with Crippen LogP contribution in [0.4, 0.5) is 5.69 Å². The number of non-ortho nitro benzene ring substituents is 1. The van der Waals surface area contributed by atoms with Gasteiger partial charge in [-0.2, -0.15) is 0 Å². The number of halogens is 1. The zero-order valence-electron chi connectivity index (χ0n) is 17.0. The van der Waals surface area contributed by atoms with Gasteiger partial charge in [-0.25, -0.2) is 4.79 Å². The van der Waals surface area contributed by atoms with Gasteiger partial charge in [-0.05, 0) is 23.1 Å². The number of Topliss-reactive ketones (excluding diaryl/α,β-unsaturated/α-hetero) is 1. The fourth-order valence-corrected chi connectivity index (χ4v) is 4.48. The van der Waals surface area contributed by atoms with Crippen LogP contribution in [0.1, 0.15) is 35.8 Å². The van der Waals surface area contributed by atoms with Crippen molar-refractivity contribution in [1.82, 2.24) is 0 Å². The minimum atomic E-state index is -1.04. The van der Waals surface area contributed by atoms with E-state index in [1.54, 1.807) is 0 Å². The molecule has 1 heterocycles. The molecule has 32 heavy (non-hydrogen) atoms. The smallest absolute Gasteiger partial charge is 0.340 e. The Kier molecular flexibility index (Phi) is 5.71. The van der Waals surface area contributed by atoms with Crippen LogP contribution in [0.5, 0.6) is 0 Å². The van der Waals surface area contributed by atoms with E-state index >= 15 is 0 Å². The lowest BCUT2D eigenvalue weighted by atomic mass is 9.73. The van der Waals surface area contributed by atoms with Gasteiger partial charge in [0.05, 0.1) is 18.0 Å². The van der Waals surface area contributed by atoms with Gasteiger partial charge in [0, 0.05) is 35.6 Å². The number of hydrogen-bond donors (Lipinski definition) is 1. The summed E-state index contributed by atoms with van der Waals surface area (Å²) in [6.07, 6.45) is 0.562. The van der Waals surface area contributed by atoms with Crippen LogP contribution >= 0.6 is 11.6 Å². The van der Waals surface area contributed by atoms with Crippen LogP contribution in [-0.4, -0.2) is 23.8 Å². The Bertz CT molecular complexity index is 1190. The molecule has 2 aliphatic rings. The minimum Gasteiger partial charge on any atom is -0.465 e. The van der Waals surface area contributed by atoms with Crippen molar-refractivity contribution < 1.29 is 24.0 Å². The molecule has 8 nitrogen and oxygen atoms in total. The molecule has 0 spiro atoms. The Labute approximate surface area is 188 Å². The minimum absolute atomic E-state index is 0.111. The largest absolute Gasteiger partial charge is 0.465 e. The first-order valence-electron chi connectivity index (χ1n) is 9.82. The zero-order chi connectivity index (χ0) is 23.0. The van der Waals surface area contributed by atoms with Gasteiger partial charge >= 0.3 is 5.97 Å². The van der Waals surface area contributed by atoms with Crippen molar-refractivity contribution in [2.45, 2.75) is 24.7 Å². The Morgan fingerprint density at radius 3 is 2.59 bits per heavy atom. The van der Waals surface area contributed by atoms with Crippen LogP contribution in [0.2, 0.25) is 5.02 Å². The fraction of sp³-hybridized carbons (Fsp3) is 0.217. The third kappa shape index (κ3) is 3.73. The van der Waals surface area contributed by atoms with Gasteiger partial charge in [-0.3, -0.25) is 14.9 Å². The summed E-state index contributed by atoms with van der Waals surface area (Å²) < 4.78 is 10.6. The van der Waals surface area contributed by atoms with E-state index in [1.165, 1.54) is 25.3 Å². The standard InChI is InChI=1S/C23H19ClN2O6/c1-31-23(28)21-19(15-11-14(26(29)30)7-8-16(15)24)20-17(27)9-13(10-18(20)32-22(21)25)12-5-3-2-4-6-12/h2-8,11,13,19H,9-10,25H2,1H3/t13-,19-/m0/s1. The van der Waals surface area contributed by atoms with Crippen molar-refractivity contribution in [2.75, 3.05) is 7.11 Å². The quantitative estimate of drug-likeness (QED) is 0.419. The number of nitro groups is 1. The van der Waals surface area contributed by atoms with Crippen molar-refractivity contribution in [2.24, 2.45) is 5.73 Å². The molecule has 1 aliphatic carbocycles. The number of benzene rings is 2. The maximum atomic E-state index is 13.4. The highest BCUT2D eigenvalue weighted by atomic mass is 35.5. The second kappa shape index (κ2) is 8.47. The molecule has 1 aliphatic heterocycles. The summed E-state index contributed by atoms with van der Waals surface area (Å²) in [7, 11) is 1.17. The SMILES string of the molecule is COC(=O)C1=C(N)OC2=C(C(=O)C[C@H](c3ccccc3)C2)[C@@H]1c1cc([N+](=O)[O-])ccc1Cl. The van der Waals surface area contributed by atoms with Crippen LogP contribution in [0.3, 0.4) is 0 Å². The first kappa shape index (κ1) is 21.6. The topological polar surface area (TPSA) is 122 Å². The van der Waals surface area contributed by atoms with E-state index in [0.29, 0.717) is 12.2 Å². The van der Waals surface area contributed by atoms with Crippen LogP contribution in [0.25, 0.3) is 0 Å². The summed E-state index contributed by atoms with van der Waals surface area (Å²) in [4.78, 5) is 36.8. The lowest BCUT2D eigenvalue weighted by Crippen LogP contribution is -2.33. The summed E-state index contributed by atoms with van der Waals surface area (Å²) >= 11 is 6.39. The third-order valence-corrected chi connectivity index (χ3v) is 6.06. The summed E-state index contributed by atoms with van der Waals surface area (Å²) in [5.41, 5.74) is 7.17. The van der Waals surface area contributed by atoms with Crippen LogP contribution in [-0.2, 0) is 19.1 Å². The first-order valence-corrected chi connectivity index (χ1v) is 10.2. The molecule has 0 radical (unpaired) electrons. The molecule has 0 aromatic heterocycles.